The first kappa shape index (κ1) is 19.2. The van der Waals surface area contributed by atoms with E-state index >= 15 is 0 Å². The highest BCUT2D eigenvalue weighted by Crippen LogP contribution is 2.18. The second-order valence-corrected chi connectivity index (χ2v) is 7.81. The van der Waals surface area contributed by atoms with Crippen LogP contribution in [0.4, 0.5) is 0 Å². The predicted molar refractivity (Wildman–Crippen MR) is 94.7 cm³/mol. The summed E-state index contributed by atoms with van der Waals surface area (Å²) in [5.74, 6) is -0.386. The van der Waals surface area contributed by atoms with Crippen LogP contribution < -0.4 is 5.73 Å². The highest BCUT2D eigenvalue weighted by Gasteiger charge is 2.25. The average molecular weight is 365 g/mol. The van der Waals surface area contributed by atoms with Gasteiger partial charge in [0.05, 0.1) is 0 Å². The quantitative estimate of drug-likeness (QED) is 0.757. The average Bonchev–Trinajstić information content (AvgIpc) is 3.09. The summed E-state index contributed by atoms with van der Waals surface area (Å²) in [6, 6.07) is 12.5. The molecule has 25 heavy (non-hydrogen) atoms. The highest BCUT2D eigenvalue weighted by atomic mass is 32.2. The fourth-order valence-electron chi connectivity index (χ4n) is 2.29. The van der Waals surface area contributed by atoms with E-state index in [1.54, 1.807) is 4.90 Å². The molecule has 7 nitrogen and oxygen atoms in total. The monoisotopic (exact) mass is 365 g/mol. The van der Waals surface area contributed by atoms with Crippen molar-refractivity contribution >= 4 is 15.9 Å². The predicted octanol–water partition coefficient (Wildman–Crippen LogP) is 1.17. The maximum atomic E-state index is 12.6. The van der Waals surface area contributed by atoms with Crippen LogP contribution in [0.2, 0.25) is 0 Å². The number of benzene rings is 1. The summed E-state index contributed by atoms with van der Waals surface area (Å²) in [7, 11) is -0.906. The molecule has 0 fully saturated rings. The summed E-state index contributed by atoms with van der Waals surface area (Å²) in [4.78, 5) is 14.2. The fourth-order valence-corrected chi connectivity index (χ4v) is 3.08. The van der Waals surface area contributed by atoms with Crippen LogP contribution in [0, 0.1) is 0 Å². The molecule has 1 aromatic carbocycles. The Morgan fingerprint density at radius 2 is 1.76 bits per heavy atom. The molecule has 0 atom stereocenters. The molecular weight excluding hydrogens is 342 g/mol. The molecule has 8 heteroatoms. The molecule has 0 saturated carbocycles. The largest absolute Gasteiger partial charge is 0.438 e. The van der Waals surface area contributed by atoms with Gasteiger partial charge in [-0.1, -0.05) is 30.3 Å². The highest BCUT2D eigenvalue weighted by molar-refractivity contribution is 7.88. The first-order chi connectivity index (χ1) is 11.9. The second-order valence-electron chi connectivity index (χ2n) is 5.72. The molecule has 2 N–H and O–H groups in total. The van der Waals surface area contributed by atoms with Crippen molar-refractivity contribution in [1.29, 1.82) is 0 Å². The number of furan rings is 1. The molecule has 0 bridgehead atoms. The zero-order chi connectivity index (χ0) is 18.4. The van der Waals surface area contributed by atoms with Crippen LogP contribution in [-0.4, -0.2) is 57.3 Å². The Labute approximate surface area is 148 Å². The van der Waals surface area contributed by atoms with Crippen LogP contribution in [-0.2, 0) is 16.4 Å². The maximum Gasteiger partial charge on any atom is 0.289 e. The van der Waals surface area contributed by atoms with E-state index in [-0.39, 0.29) is 16.8 Å². The third-order valence-corrected chi connectivity index (χ3v) is 5.42. The first-order valence-corrected chi connectivity index (χ1v) is 9.36. The van der Waals surface area contributed by atoms with Gasteiger partial charge in [0.25, 0.3) is 15.9 Å². The lowest BCUT2D eigenvalue weighted by Gasteiger charge is -2.21. The van der Waals surface area contributed by atoms with E-state index in [2.05, 4.69) is 0 Å². The van der Waals surface area contributed by atoms with E-state index in [0.29, 0.717) is 26.1 Å². The van der Waals surface area contributed by atoms with Crippen molar-refractivity contribution in [2.75, 3.05) is 33.7 Å². The fraction of sp³-hybridized carbons (Fsp3) is 0.353. The van der Waals surface area contributed by atoms with Gasteiger partial charge < -0.3 is 15.1 Å². The lowest BCUT2D eigenvalue weighted by molar-refractivity contribution is 0.0724. The zero-order valence-electron chi connectivity index (χ0n) is 14.4. The lowest BCUT2D eigenvalue weighted by Crippen LogP contribution is -2.36. The van der Waals surface area contributed by atoms with Gasteiger partial charge in [0.15, 0.2) is 5.76 Å². The van der Waals surface area contributed by atoms with Crippen LogP contribution in [0.25, 0.3) is 0 Å². The van der Waals surface area contributed by atoms with Crippen LogP contribution >= 0.6 is 0 Å². The summed E-state index contributed by atoms with van der Waals surface area (Å²) < 4.78 is 30.4. The van der Waals surface area contributed by atoms with Gasteiger partial charge in [0.2, 0.25) is 5.09 Å². The van der Waals surface area contributed by atoms with Crippen LogP contribution in [0.5, 0.6) is 0 Å². The number of hydrogen-bond donors (Lipinski definition) is 1. The Kier molecular flexibility index (Phi) is 6.35. The summed E-state index contributed by atoms with van der Waals surface area (Å²) in [6.07, 6.45) is 0.677. The standard InChI is InChI=1S/C17H23N3O4S/c1-19(2)25(22,23)16-9-8-15(24-16)17(21)20(13-11-18)12-10-14-6-4-3-5-7-14/h3-9H,10-13,18H2,1-2H3. The number of carbonyl (C=O) groups is 1. The van der Waals surface area contributed by atoms with E-state index in [0.717, 1.165) is 9.87 Å². The van der Waals surface area contributed by atoms with Gasteiger partial charge in [-0.3, -0.25) is 4.79 Å². The van der Waals surface area contributed by atoms with E-state index in [1.807, 2.05) is 30.3 Å². The molecule has 2 aromatic rings. The van der Waals surface area contributed by atoms with E-state index in [1.165, 1.54) is 26.2 Å². The number of nitrogens with zero attached hydrogens (tertiary/aromatic N) is 2. The molecule has 0 aliphatic rings. The Bertz CT molecular complexity index is 800. The molecule has 0 unspecified atom stereocenters. The van der Waals surface area contributed by atoms with Crippen molar-refractivity contribution in [3.8, 4) is 0 Å². The van der Waals surface area contributed by atoms with E-state index in [9.17, 15) is 13.2 Å². The summed E-state index contributed by atoms with van der Waals surface area (Å²) in [5.41, 5.74) is 6.71. The van der Waals surface area contributed by atoms with E-state index in [4.69, 9.17) is 10.2 Å². The third kappa shape index (κ3) is 4.68. The Balaban J connectivity index is 2.13. The molecule has 136 valence electrons. The number of carbonyl (C=O) groups excluding carboxylic acids is 1. The van der Waals surface area contributed by atoms with Gasteiger partial charge in [0, 0.05) is 33.7 Å². The molecule has 1 heterocycles. The van der Waals surface area contributed by atoms with Gasteiger partial charge in [-0.25, -0.2) is 12.7 Å². The molecule has 0 saturated heterocycles. The summed E-state index contributed by atoms with van der Waals surface area (Å²) >= 11 is 0. The molecular formula is C17H23N3O4S. The molecule has 0 radical (unpaired) electrons. The molecule has 1 amide bonds. The van der Waals surface area contributed by atoms with Crippen LogP contribution in [0.1, 0.15) is 16.1 Å². The van der Waals surface area contributed by atoms with Crippen LogP contribution in [0.3, 0.4) is 0 Å². The molecule has 0 aliphatic carbocycles. The van der Waals surface area contributed by atoms with Gasteiger partial charge in [-0.2, -0.15) is 0 Å². The van der Waals surface area contributed by atoms with Crippen molar-refractivity contribution in [2.45, 2.75) is 11.5 Å². The van der Waals surface area contributed by atoms with Crippen molar-refractivity contribution in [3.05, 3.63) is 53.8 Å². The molecule has 2 rings (SSSR count). The van der Waals surface area contributed by atoms with Crippen molar-refractivity contribution in [1.82, 2.24) is 9.21 Å². The second kappa shape index (κ2) is 8.28. The minimum absolute atomic E-state index is 0.0121. The zero-order valence-corrected chi connectivity index (χ0v) is 15.2. The third-order valence-electron chi connectivity index (χ3n) is 3.73. The van der Waals surface area contributed by atoms with Crippen molar-refractivity contribution < 1.29 is 17.6 Å². The minimum Gasteiger partial charge on any atom is -0.438 e. The summed E-state index contributed by atoms with van der Waals surface area (Å²) in [6.45, 7) is 1.14. The Hall–Kier alpha value is -2.16. The Morgan fingerprint density at radius 3 is 2.36 bits per heavy atom. The minimum atomic E-state index is -3.71. The smallest absolute Gasteiger partial charge is 0.289 e. The number of rotatable bonds is 8. The first-order valence-electron chi connectivity index (χ1n) is 7.92. The number of nitrogens with two attached hydrogens (primary N) is 1. The number of sulfonamides is 1. The van der Waals surface area contributed by atoms with Gasteiger partial charge in [-0.05, 0) is 24.1 Å². The SMILES string of the molecule is CN(C)S(=O)(=O)c1ccc(C(=O)N(CCN)CCc2ccccc2)o1. The van der Waals surface area contributed by atoms with Crippen molar-refractivity contribution in [2.24, 2.45) is 5.73 Å². The molecule has 1 aromatic heterocycles. The molecule has 0 spiro atoms. The van der Waals surface area contributed by atoms with Crippen molar-refractivity contribution in [3.63, 3.8) is 0 Å². The molecule has 0 aliphatic heterocycles. The van der Waals surface area contributed by atoms with Crippen LogP contribution in [0.15, 0.2) is 52.0 Å². The number of hydrogen-bond acceptors (Lipinski definition) is 5. The topological polar surface area (TPSA) is 96.9 Å². The number of amides is 1. The normalized spacial score (nSPS) is 11.7. The van der Waals surface area contributed by atoms with E-state index < -0.39 is 10.0 Å². The maximum absolute atomic E-state index is 12.6. The van der Waals surface area contributed by atoms with Gasteiger partial charge in [-0.15, -0.1) is 0 Å². The lowest BCUT2D eigenvalue weighted by atomic mass is 10.1. The van der Waals surface area contributed by atoms with Gasteiger partial charge >= 0.3 is 0 Å². The van der Waals surface area contributed by atoms with Gasteiger partial charge in [0.1, 0.15) is 0 Å². The Morgan fingerprint density at radius 1 is 1.08 bits per heavy atom. The summed E-state index contributed by atoms with van der Waals surface area (Å²) in [5, 5.41) is -0.253.